The number of methoxy groups -OCH3 is 1. The smallest absolute Gasteiger partial charge is 0.218 e. The number of nitrogens with zero attached hydrogens (tertiary/aromatic N) is 3. The fourth-order valence-electron chi connectivity index (χ4n) is 2.65. The van der Waals surface area contributed by atoms with Crippen LogP contribution in [0.5, 0.6) is 5.88 Å². The normalized spacial score (nSPS) is 19.4. The number of nitrogens with one attached hydrogen (secondary N) is 1. The number of ether oxygens (including phenoxy) is 1. The van der Waals surface area contributed by atoms with Crippen molar-refractivity contribution in [3.05, 3.63) is 12.4 Å². The van der Waals surface area contributed by atoms with Gasteiger partial charge in [-0.3, -0.25) is 0 Å². The topological polar surface area (TPSA) is 50.3 Å². The second-order valence-electron chi connectivity index (χ2n) is 5.81. The zero-order valence-corrected chi connectivity index (χ0v) is 12.8. The van der Waals surface area contributed by atoms with Crippen LogP contribution < -0.4 is 15.0 Å². The molecule has 2 heterocycles. The zero-order chi connectivity index (χ0) is 14.4. The number of aromatic nitrogens is 2. The molecule has 0 bridgehead atoms. The molecule has 0 saturated carbocycles. The van der Waals surface area contributed by atoms with Gasteiger partial charge in [0.15, 0.2) is 0 Å². The largest absolute Gasteiger partial charge is 0.481 e. The Labute approximate surface area is 121 Å². The molecule has 5 heteroatoms. The van der Waals surface area contributed by atoms with Crippen molar-refractivity contribution in [3.8, 4) is 5.88 Å². The van der Waals surface area contributed by atoms with Crippen LogP contribution in [0.4, 0.5) is 5.82 Å². The lowest BCUT2D eigenvalue weighted by atomic mass is 10.0. The third kappa shape index (κ3) is 4.07. The summed E-state index contributed by atoms with van der Waals surface area (Å²) in [6.45, 7) is 7.62. The van der Waals surface area contributed by atoms with Gasteiger partial charge in [0, 0.05) is 25.2 Å². The van der Waals surface area contributed by atoms with Gasteiger partial charge < -0.3 is 15.0 Å². The van der Waals surface area contributed by atoms with Crippen molar-refractivity contribution in [2.24, 2.45) is 5.92 Å². The monoisotopic (exact) mass is 278 g/mol. The van der Waals surface area contributed by atoms with E-state index in [9.17, 15) is 0 Å². The molecular weight excluding hydrogens is 252 g/mol. The molecule has 1 unspecified atom stereocenters. The van der Waals surface area contributed by atoms with Crippen LogP contribution in [0, 0.1) is 5.92 Å². The average molecular weight is 278 g/mol. The summed E-state index contributed by atoms with van der Waals surface area (Å²) in [7, 11) is 1.64. The van der Waals surface area contributed by atoms with E-state index < -0.39 is 0 Å². The summed E-state index contributed by atoms with van der Waals surface area (Å²) in [5.41, 5.74) is 0. The molecule has 0 aliphatic carbocycles. The Morgan fingerprint density at radius 3 is 3.00 bits per heavy atom. The van der Waals surface area contributed by atoms with Crippen LogP contribution in [0.1, 0.15) is 33.1 Å². The summed E-state index contributed by atoms with van der Waals surface area (Å²) in [6.07, 6.45) is 5.33. The molecular formula is C15H26N4O. The Hall–Kier alpha value is -1.36. The Kier molecular flexibility index (Phi) is 5.59. The van der Waals surface area contributed by atoms with Gasteiger partial charge in [-0.2, -0.15) is 0 Å². The van der Waals surface area contributed by atoms with E-state index in [-0.39, 0.29) is 0 Å². The van der Waals surface area contributed by atoms with Gasteiger partial charge in [-0.1, -0.05) is 13.8 Å². The van der Waals surface area contributed by atoms with Gasteiger partial charge in [-0.05, 0) is 31.7 Å². The van der Waals surface area contributed by atoms with E-state index in [2.05, 4.69) is 34.0 Å². The van der Waals surface area contributed by atoms with Crippen LogP contribution in [-0.4, -0.2) is 42.8 Å². The molecule has 2 rings (SSSR count). The molecule has 20 heavy (non-hydrogen) atoms. The van der Waals surface area contributed by atoms with Crippen molar-refractivity contribution in [1.82, 2.24) is 15.3 Å². The van der Waals surface area contributed by atoms with Crippen molar-refractivity contribution >= 4 is 5.82 Å². The van der Waals surface area contributed by atoms with E-state index >= 15 is 0 Å². The second-order valence-corrected chi connectivity index (χ2v) is 5.81. The van der Waals surface area contributed by atoms with E-state index in [4.69, 9.17) is 4.74 Å². The highest BCUT2D eigenvalue weighted by molar-refractivity contribution is 5.42. The van der Waals surface area contributed by atoms with Gasteiger partial charge in [-0.15, -0.1) is 0 Å². The summed E-state index contributed by atoms with van der Waals surface area (Å²) in [5.74, 6) is 2.30. The molecule has 1 N–H and O–H groups in total. The van der Waals surface area contributed by atoms with Crippen molar-refractivity contribution in [2.45, 2.75) is 39.2 Å². The zero-order valence-electron chi connectivity index (χ0n) is 12.8. The maximum Gasteiger partial charge on any atom is 0.218 e. The highest BCUT2D eigenvalue weighted by Crippen LogP contribution is 2.24. The minimum Gasteiger partial charge on any atom is -0.481 e. The molecule has 1 aliphatic rings. The lowest BCUT2D eigenvalue weighted by molar-refractivity contribution is 0.393. The minimum absolute atomic E-state index is 0.516. The molecule has 5 nitrogen and oxygen atoms in total. The third-order valence-corrected chi connectivity index (χ3v) is 3.69. The summed E-state index contributed by atoms with van der Waals surface area (Å²) >= 11 is 0. The van der Waals surface area contributed by atoms with Crippen LogP contribution in [0.25, 0.3) is 0 Å². The molecule has 0 spiro atoms. The van der Waals surface area contributed by atoms with Crippen LogP contribution in [0.3, 0.4) is 0 Å². The second kappa shape index (κ2) is 7.43. The summed E-state index contributed by atoms with van der Waals surface area (Å²) in [4.78, 5) is 10.9. The first-order valence-corrected chi connectivity index (χ1v) is 7.54. The van der Waals surface area contributed by atoms with Gasteiger partial charge in [0.2, 0.25) is 5.88 Å². The fraction of sp³-hybridized carbons (Fsp3) is 0.733. The van der Waals surface area contributed by atoms with E-state index in [0.717, 1.165) is 25.5 Å². The third-order valence-electron chi connectivity index (χ3n) is 3.69. The highest BCUT2D eigenvalue weighted by atomic mass is 16.5. The maximum atomic E-state index is 5.20. The summed E-state index contributed by atoms with van der Waals surface area (Å²) in [5, 5.41) is 3.57. The number of piperidine rings is 1. The van der Waals surface area contributed by atoms with E-state index in [1.165, 1.54) is 19.3 Å². The molecule has 0 amide bonds. The van der Waals surface area contributed by atoms with Crippen LogP contribution in [-0.2, 0) is 0 Å². The molecule has 1 aromatic heterocycles. The van der Waals surface area contributed by atoms with Gasteiger partial charge in [0.05, 0.1) is 7.11 Å². The first-order chi connectivity index (χ1) is 9.70. The van der Waals surface area contributed by atoms with Gasteiger partial charge in [0.1, 0.15) is 12.1 Å². The van der Waals surface area contributed by atoms with Crippen molar-refractivity contribution < 1.29 is 4.74 Å². The number of hydrogen-bond acceptors (Lipinski definition) is 5. The molecule has 1 aromatic rings. The van der Waals surface area contributed by atoms with E-state index in [1.54, 1.807) is 13.4 Å². The first-order valence-electron chi connectivity index (χ1n) is 7.54. The standard InChI is InChI=1S/C15H26N4O/c1-12(2)9-16-10-13-6-4-5-7-19(13)14-8-15(20-3)18-11-17-14/h8,11-13,16H,4-7,9-10H2,1-3H3. The average Bonchev–Trinajstić information content (AvgIpc) is 2.47. The van der Waals surface area contributed by atoms with E-state index in [1.807, 2.05) is 6.07 Å². The van der Waals surface area contributed by atoms with Gasteiger partial charge in [0.25, 0.3) is 0 Å². The number of hydrogen-bond donors (Lipinski definition) is 1. The number of anilines is 1. The SMILES string of the molecule is COc1cc(N2CCCCC2CNCC(C)C)ncn1. The van der Waals surface area contributed by atoms with Crippen LogP contribution in [0.15, 0.2) is 12.4 Å². The molecule has 1 saturated heterocycles. The van der Waals surface area contributed by atoms with Crippen molar-refractivity contribution in [2.75, 3.05) is 31.6 Å². The van der Waals surface area contributed by atoms with Gasteiger partial charge >= 0.3 is 0 Å². The fourth-order valence-corrected chi connectivity index (χ4v) is 2.65. The predicted octanol–water partition coefficient (Wildman–Crippen LogP) is 2.09. The lowest BCUT2D eigenvalue weighted by Gasteiger charge is -2.37. The van der Waals surface area contributed by atoms with Crippen LogP contribution in [0.2, 0.25) is 0 Å². The maximum absolute atomic E-state index is 5.20. The van der Waals surface area contributed by atoms with Gasteiger partial charge in [-0.25, -0.2) is 9.97 Å². The van der Waals surface area contributed by atoms with E-state index in [0.29, 0.717) is 17.8 Å². The Morgan fingerprint density at radius 1 is 1.40 bits per heavy atom. The molecule has 1 atom stereocenters. The first kappa shape index (κ1) is 15.0. The molecule has 1 aliphatic heterocycles. The quantitative estimate of drug-likeness (QED) is 0.863. The molecule has 112 valence electrons. The minimum atomic E-state index is 0.516. The molecule has 0 radical (unpaired) electrons. The summed E-state index contributed by atoms with van der Waals surface area (Å²) < 4.78 is 5.20. The van der Waals surface area contributed by atoms with Crippen molar-refractivity contribution in [1.29, 1.82) is 0 Å². The van der Waals surface area contributed by atoms with Crippen LogP contribution >= 0.6 is 0 Å². The highest BCUT2D eigenvalue weighted by Gasteiger charge is 2.23. The molecule has 0 aromatic carbocycles. The Morgan fingerprint density at radius 2 is 2.25 bits per heavy atom. The lowest BCUT2D eigenvalue weighted by Crippen LogP contribution is -2.46. The summed E-state index contributed by atoms with van der Waals surface area (Å²) in [6, 6.07) is 2.45. The molecule has 1 fully saturated rings. The Balaban J connectivity index is 2.01. The Bertz CT molecular complexity index is 411. The number of rotatable bonds is 6. The predicted molar refractivity (Wildman–Crippen MR) is 81.3 cm³/mol. The van der Waals surface area contributed by atoms with Crippen molar-refractivity contribution in [3.63, 3.8) is 0 Å².